The molecule has 0 saturated carbocycles. The van der Waals surface area contributed by atoms with E-state index >= 15 is 0 Å². The van der Waals surface area contributed by atoms with Gasteiger partial charge in [-0.3, -0.25) is 0 Å². The Bertz CT molecular complexity index is 607. The van der Waals surface area contributed by atoms with Crippen molar-refractivity contribution in [2.24, 2.45) is 0 Å². The van der Waals surface area contributed by atoms with Crippen LogP contribution < -0.4 is 5.32 Å². The normalized spacial score (nSPS) is 12.6. The smallest absolute Gasteiger partial charge is 0.0590 e. The van der Waals surface area contributed by atoms with Crippen molar-refractivity contribution in [1.29, 1.82) is 0 Å². The minimum absolute atomic E-state index is 0.219. The second-order valence-corrected chi connectivity index (χ2v) is 7.10. The fraction of sp³-hybridized carbons (Fsp3) is 0.412. The second-order valence-electron chi connectivity index (χ2n) is 5.40. The van der Waals surface area contributed by atoms with E-state index in [0.29, 0.717) is 0 Å². The summed E-state index contributed by atoms with van der Waals surface area (Å²) in [5.41, 5.74) is 3.50. The van der Waals surface area contributed by atoms with E-state index in [9.17, 15) is 0 Å². The van der Waals surface area contributed by atoms with Gasteiger partial charge in [-0.15, -0.1) is 11.3 Å². The Labute approximate surface area is 141 Å². The maximum absolute atomic E-state index is 6.45. The Balaban J connectivity index is 2.26. The third-order valence-electron chi connectivity index (χ3n) is 3.52. The number of hydrogen-bond acceptors (Lipinski definition) is 2. The van der Waals surface area contributed by atoms with Crippen LogP contribution in [0.1, 0.15) is 41.0 Å². The number of hydrogen-bond donors (Lipinski definition) is 1. The lowest BCUT2D eigenvalue weighted by atomic mass is 10.0. The summed E-state index contributed by atoms with van der Waals surface area (Å²) in [5, 5.41) is 7.44. The second kappa shape index (κ2) is 7.64. The van der Waals surface area contributed by atoms with Crippen molar-refractivity contribution in [3.05, 3.63) is 55.2 Å². The predicted octanol–water partition coefficient (Wildman–Crippen LogP) is 5.96. The summed E-state index contributed by atoms with van der Waals surface area (Å²) in [5.74, 6) is 0. The monoisotopic (exact) mass is 341 g/mol. The van der Waals surface area contributed by atoms with E-state index in [1.54, 1.807) is 11.3 Å². The number of nitrogens with one attached hydrogen (secondary N) is 1. The van der Waals surface area contributed by atoms with E-state index in [2.05, 4.69) is 43.6 Å². The minimum Gasteiger partial charge on any atom is -0.309 e. The highest BCUT2D eigenvalue weighted by Crippen LogP contribution is 2.35. The summed E-state index contributed by atoms with van der Waals surface area (Å²) < 4.78 is 0. The van der Waals surface area contributed by atoms with Crippen molar-refractivity contribution in [2.75, 3.05) is 6.54 Å². The van der Waals surface area contributed by atoms with E-state index in [1.807, 2.05) is 6.07 Å². The van der Waals surface area contributed by atoms with Gasteiger partial charge in [0.05, 0.1) is 5.02 Å². The zero-order valence-corrected chi connectivity index (χ0v) is 15.0. The van der Waals surface area contributed by atoms with Crippen molar-refractivity contribution in [3.8, 4) is 0 Å². The minimum atomic E-state index is 0.219. The van der Waals surface area contributed by atoms with Gasteiger partial charge in [-0.2, -0.15) is 0 Å². The first-order chi connectivity index (χ1) is 10.0. The van der Waals surface area contributed by atoms with Crippen molar-refractivity contribution in [1.82, 2.24) is 5.32 Å². The average Bonchev–Trinajstić information content (AvgIpc) is 2.77. The molecule has 0 aliphatic heterocycles. The molecule has 0 amide bonds. The van der Waals surface area contributed by atoms with E-state index in [4.69, 9.17) is 23.2 Å². The summed E-state index contributed by atoms with van der Waals surface area (Å²) in [6.45, 7) is 7.26. The quantitative estimate of drug-likeness (QED) is 0.683. The summed E-state index contributed by atoms with van der Waals surface area (Å²) in [7, 11) is 0. The van der Waals surface area contributed by atoms with Crippen LogP contribution in [-0.4, -0.2) is 6.54 Å². The molecule has 0 spiro atoms. The van der Waals surface area contributed by atoms with Crippen molar-refractivity contribution in [3.63, 3.8) is 0 Å². The lowest BCUT2D eigenvalue weighted by molar-refractivity contribution is 0.536. The Hall–Kier alpha value is -0.540. The van der Waals surface area contributed by atoms with E-state index in [0.717, 1.165) is 40.6 Å². The highest BCUT2D eigenvalue weighted by atomic mass is 35.5. The van der Waals surface area contributed by atoms with Crippen LogP contribution in [0, 0.1) is 13.8 Å². The van der Waals surface area contributed by atoms with Gasteiger partial charge in [0.25, 0.3) is 0 Å². The van der Waals surface area contributed by atoms with Crippen LogP contribution in [0.15, 0.2) is 23.6 Å². The first kappa shape index (κ1) is 16.8. The maximum Gasteiger partial charge on any atom is 0.0590 e. The summed E-state index contributed by atoms with van der Waals surface area (Å²) in [6, 6.07) is 6.47. The van der Waals surface area contributed by atoms with Crippen molar-refractivity contribution in [2.45, 2.75) is 39.7 Å². The Kier molecular flexibility index (Phi) is 6.12. The van der Waals surface area contributed by atoms with Crippen LogP contribution in [0.4, 0.5) is 0 Å². The fourth-order valence-electron chi connectivity index (χ4n) is 2.30. The van der Waals surface area contributed by atoms with Gasteiger partial charge in [-0.25, -0.2) is 0 Å². The first-order valence-corrected chi connectivity index (χ1v) is 8.88. The van der Waals surface area contributed by atoms with Gasteiger partial charge in [0.2, 0.25) is 0 Å². The van der Waals surface area contributed by atoms with Gasteiger partial charge in [-0.1, -0.05) is 42.3 Å². The average molecular weight is 342 g/mol. The zero-order valence-electron chi connectivity index (χ0n) is 12.7. The zero-order chi connectivity index (χ0) is 15.4. The van der Waals surface area contributed by atoms with Crippen molar-refractivity contribution >= 4 is 34.5 Å². The molecule has 0 fully saturated rings. The molecular formula is C17H21Cl2NS. The Morgan fingerprint density at radius 2 is 2.00 bits per heavy atom. The van der Waals surface area contributed by atoms with Crippen LogP contribution in [-0.2, 0) is 6.42 Å². The summed E-state index contributed by atoms with van der Waals surface area (Å²) in [4.78, 5) is 1.21. The molecule has 2 aromatic rings. The molecule has 1 heterocycles. The molecule has 0 aliphatic rings. The molecule has 1 nitrogen and oxygen atoms in total. The third kappa shape index (κ3) is 4.23. The molecule has 1 aromatic carbocycles. The predicted molar refractivity (Wildman–Crippen MR) is 95.0 cm³/mol. The Morgan fingerprint density at radius 3 is 2.57 bits per heavy atom. The molecule has 1 unspecified atom stereocenters. The standard InChI is InChI=1S/C17H21Cl2NS/c1-4-7-20-15(17-16(19)12(3)10-21-17)9-13-6-5-11(2)8-14(13)18/h5-6,8,10,15,20H,4,7,9H2,1-3H3. The number of benzene rings is 1. The molecule has 4 heteroatoms. The molecule has 0 aliphatic carbocycles. The number of aryl methyl sites for hydroxylation is 2. The molecule has 0 saturated heterocycles. The lowest BCUT2D eigenvalue weighted by Gasteiger charge is -2.19. The largest absolute Gasteiger partial charge is 0.309 e. The topological polar surface area (TPSA) is 12.0 Å². The molecular weight excluding hydrogens is 321 g/mol. The Morgan fingerprint density at radius 1 is 1.24 bits per heavy atom. The van der Waals surface area contributed by atoms with Gasteiger partial charge in [-0.05, 0) is 61.4 Å². The maximum atomic E-state index is 6.45. The highest BCUT2D eigenvalue weighted by Gasteiger charge is 2.19. The van der Waals surface area contributed by atoms with Crippen LogP contribution in [0.5, 0.6) is 0 Å². The van der Waals surface area contributed by atoms with Gasteiger partial charge < -0.3 is 5.32 Å². The van der Waals surface area contributed by atoms with Crippen LogP contribution in [0.25, 0.3) is 0 Å². The molecule has 21 heavy (non-hydrogen) atoms. The number of halogens is 2. The van der Waals surface area contributed by atoms with E-state index in [-0.39, 0.29) is 6.04 Å². The fourth-order valence-corrected chi connectivity index (χ4v) is 4.01. The highest BCUT2D eigenvalue weighted by molar-refractivity contribution is 7.10. The molecule has 0 bridgehead atoms. The lowest BCUT2D eigenvalue weighted by Crippen LogP contribution is -2.23. The van der Waals surface area contributed by atoms with Crippen LogP contribution in [0.2, 0.25) is 10.0 Å². The van der Waals surface area contributed by atoms with Crippen LogP contribution >= 0.6 is 34.5 Å². The van der Waals surface area contributed by atoms with Gasteiger partial charge in [0.1, 0.15) is 0 Å². The molecule has 1 N–H and O–H groups in total. The molecule has 114 valence electrons. The first-order valence-electron chi connectivity index (χ1n) is 7.24. The van der Waals surface area contributed by atoms with Gasteiger partial charge in [0.15, 0.2) is 0 Å². The van der Waals surface area contributed by atoms with E-state index < -0.39 is 0 Å². The van der Waals surface area contributed by atoms with Crippen LogP contribution in [0.3, 0.4) is 0 Å². The van der Waals surface area contributed by atoms with Crippen molar-refractivity contribution < 1.29 is 0 Å². The summed E-state index contributed by atoms with van der Waals surface area (Å²) >= 11 is 14.6. The molecule has 2 rings (SSSR count). The molecule has 1 atom stereocenters. The number of rotatable bonds is 6. The summed E-state index contributed by atoms with van der Waals surface area (Å²) in [6.07, 6.45) is 1.96. The SMILES string of the molecule is CCCNC(Cc1ccc(C)cc1Cl)c1scc(C)c1Cl. The van der Waals surface area contributed by atoms with Gasteiger partial charge >= 0.3 is 0 Å². The number of thiophene rings is 1. The molecule has 0 radical (unpaired) electrons. The van der Waals surface area contributed by atoms with E-state index in [1.165, 1.54) is 10.4 Å². The molecule has 1 aromatic heterocycles. The van der Waals surface area contributed by atoms with Gasteiger partial charge in [0, 0.05) is 15.9 Å². The third-order valence-corrected chi connectivity index (χ3v) is 5.69.